The molecule has 0 aromatic heterocycles. The van der Waals surface area contributed by atoms with Gasteiger partial charge in [0.05, 0.1) is 0 Å². The average Bonchev–Trinajstić information content (AvgIpc) is 3.61. The van der Waals surface area contributed by atoms with Gasteiger partial charge in [-0.3, -0.25) is 0 Å². The maximum absolute atomic E-state index is 2.78. The lowest BCUT2D eigenvalue weighted by molar-refractivity contribution is 0.332. The lowest BCUT2D eigenvalue weighted by Crippen LogP contribution is -2.62. The molecule has 0 saturated heterocycles. The Morgan fingerprint density at radius 3 is 1.41 bits per heavy atom. The molecule has 6 aliphatic rings. The highest BCUT2D eigenvalue weighted by molar-refractivity contribution is 7.00. The first-order valence-corrected chi connectivity index (χ1v) is 27.0. The second-order valence-electron chi connectivity index (χ2n) is 28.8. The van der Waals surface area contributed by atoms with Crippen molar-refractivity contribution in [1.29, 1.82) is 0 Å². The molecular weight excluding hydrogens is 844 g/mol. The van der Waals surface area contributed by atoms with Crippen molar-refractivity contribution in [3.05, 3.63) is 147 Å². The molecule has 2 nitrogen and oxygen atoms in total. The molecule has 4 aliphatic carbocycles. The highest BCUT2D eigenvalue weighted by Gasteiger charge is 2.51. The van der Waals surface area contributed by atoms with Crippen LogP contribution in [-0.2, 0) is 43.3 Å². The van der Waals surface area contributed by atoms with E-state index in [2.05, 4.69) is 225 Å². The highest BCUT2D eigenvalue weighted by Crippen LogP contribution is 2.57. The average molecular weight is 923 g/mol. The van der Waals surface area contributed by atoms with Gasteiger partial charge in [-0.15, -0.1) is 0 Å². The van der Waals surface area contributed by atoms with E-state index in [0.29, 0.717) is 0 Å². The Hall–Kier alpha value is -5.02. The monoisotopic (exact) mass is 923 g/mol. The molecule has 0 fully saturated rings. The van der Waals surface area contributed by atoms with Crippen LogP contribution in [0.1, 0.15) is 205 Å². The molecule has 0 saturated carbocycles. The quantitative estimate of drug-likeness (QED) is 0.159. The van der Waals surface area contributed by atoms with Crippen molar-refractivity contribution in [3.8, 4) is 11.1 Å². The van der Waals surface area contributed by atoms with Crippen LogP contribution < -0.4 is 26.2 Å². The van der Waals surface area contributed by atoms with E-state index >= 15 is 0 Å². The molecule has 0 atom stereocenters. The smallest absolute Gasteiger partial charge is 0.252 e. The van der Waals surface area contributed by atoms with Crippen LogP contribution in [0.3, 0.4) is 0 Å². The van der Waals surface area contributed by atoms with E-state index < -0.39 is 0 Å². The van der Waals surface area contributed by atoms with Crippen molar-refractivity contribution in [2.75, 3.05) is 9.80 Å². The van der Waals surface area contributed by atoms with E-state index in [0.717, 1.165) is 6.42 Å². The van der Waals surface area contributed by atoms with Crippen LogP contribution in [0.5, 0.6) is 0 Å². The van der Waals surface area contributed by atoms with Crippen LogP contribution in [-0.4, -0.2) is 6.71 Å². The fourth-order valence-electron chi connectivity index (χ4n) is 15.3. The molecule has 0 spiro atoms. The number of hydrogen-bond donors (Lipinski definition) is 0. The van der Waals surface area contributed by atoms with Crippen LogP contribution in [0.4, 0.5) is 34.1 Å². The first kappa shape index (κ1) is 46.1. The molecule has 2 heterocycles. The predicted molar refractivity (Wildman–Crippen MR) is 303 cm³/mol. The van der Waals surface area contributed by atoms with Crippen LogP contribution >= 0.6 is 0 Å². The van der Waals surface area contributed by atoms with Gasteiger partial charge in [0.25, 0.3) is 6.71 Å². The molecule has 6 aromatic carbocycles. The molecule has 70 heavy (non-hydrogen) atoms. The largest absolute Gasteiger partial charge is 0.311 e. The maximum atomic E-state index is 2.78. The van der Waals surface area contributed by atoms with Gasteiger partial charge in [-0.25, -0.2) is 0 Å². The van der Waals surface area contributed by atoms with Gasteiger partial charge in [0.15, 0.2) is 0 Å². The third-order valence-electron chi connectivity index (χ3n) is 19.6. The molecule has 3 heteroatoms. The van der Waals surface area contributed by atoms with E-state index in [1.807, 2.05) is 0 Å². The van der Waals surface area contributed by atoms with E-state index in [9.17, 15) is 0 Å². The number of aryl methyl sites for hydroxylation is 1. The summed E-state index contributed by atoms with van der Waals surface area (Å²) in [5.41, 5.74) is 29.9. The van der Waals surface area contributed by atoms with E-state index in [1.165, 1.54) is 143 Å². The van der Waals surface area contributed by atoms with Gasteiger partial charge in [-0.05, 0) is 203 Å². The summed E-state index contributed by atoms with van der Waals surface area (Å²) >= 11 is 0. The van der Waals surface area contributed by atoms with Gasteiger partial charge in [0.1, 0.15) is 0 Å². The molecule has 6 aromatic rings. The third kappa shape index (κ3) is 6.24. The molecule has 360 valence electrons. The number of benzene rings is 6. The molecule has 2 aliphatic heterocycles. The Kier molecular flexibility index (Phi) is 9.17. The molecule has 0 N–H and O–H groups in total. The van der Waals surface area contributed by atoms with Gasteiger partial charge < -0.3 is 9.80 Å². The summed E-state index contributed by atoms with van der Waals surface area (Å²) in [6.07, 6.45) is 5.89. The maximum Gasteiger partial charge on any atom is 0.252 e. The van der Waals surface area contributed by atoms with Gasteiger partial charge >= 0.3 is 0 Å². The van der Waals surface area contributed by atoms with Crippen LogP contribution in [0.2, 0.25) is 0 Å². The molecule has 0 bridgehead atoms. The van der Waals surface area contributed by atoms with E-state index in [-0.39, 0.29) is 50.0 Å². The molecule has 12 rings (SSSR count). The zero-order valence-electron chi connectivity index (χ0n) is 46.2. The second-order valence-corrected chi connectivity index (χ2v) is 28.8. The Morgan fingerprint density at radius 2 is 0.857 bits per heavy atom. The Morgan fingerprint density at radius 1 is 0.414 bits per heavy atom. The summed E-state index contributed by atoms with van der Waals surface area (Å²) in [4.78, 5) is 5.52. The van der Waals surface area contributed by atoms with Crippen molar-refractivity contribution in [1.82, 2.24) is 0 Å². The van der Waals surface area contributed by atoms with Crippen LogP contribution in [0.25, 0.3) is 11.1 Å². The summed E-state index contributed by atoms with van der Waals surface area (Å²) in [5, 5.41) is 0. The topological polar surface area (TPSA) is 6.48 Å². The summed E-state index contributed by atoms with van der Waals surface area (Å²) in [6, 6.07) is 38.0. The van der Waals surface area contributed by atoms with Crippen molar-refractivity contribution in [3.63, 3.8) is 0 Å². The Bertz CT molecular complexity index is 3290. The minimum atomic E-state index is -0.109. The SMILES string of the molecule is Cc1cc2c(cc1N1c3cc4c(cc3B3c5cc6c(cc5N(c5ccc7c(c5)-c5ccccc5C7(C)C)c5cc(C(C)(C)C)cc1c53)C(C)(C)CCC6(C)C)C(C)(C)CC4(C)C)C(C)(C)CCC2(C)C. The number of fused-ring (bicyclic) bond motifs is 10. The molecular formula is C67H79BN2. The van der Waals surface area contributed by atoms with Gasteiger partial charge in [-0.2, -0.15) is 0 Å². The zero-order chi connectivity index (χ0) is 50.0. The molecule has 0 amide bonds. The summed E-state index contributed by atoms with van der Waals surface area (Å²) in [5.74, 6) is 0. The van der Waals surface area contributed by atoms with Crippen molar-refractivity contribution < 1.29 is 0 Å². The number of rotatable bonds is 2. The van der Waals surface area contributed by atoms with Crippen LogP contribution in [0, 0.1) is 6.92 Å². The second kappa shape index (κ2) is 13.9. The number of anilines is 6. The van der Waals surface area contributed by atoms with E-state index in [1.54, 1.807) is 0 Å². The van der Waals surface area contributed by atoms with Crippen LogP contribution in [0.15, 0.2) is 91.0 Å². The Balaban J connectivity index is 1.24. The molecule has 0 unspecified atom stereocenters. The number of hydrogen-bond acceptors (Lipinski definition) is 2. The zero-order valence-corrected chi connectivity index (χ0v) is 46.2. The van der Waals surface area contributed by atoms with Crippen molar-refractivity contribution in [2.45, 2.75) is 200 Å². The number of nitrogens with zero attached hydrogens (tertiary/aromatic N) is 2. The summed E-state index contributed by atoms with van der Waals surface area (Å²) < 4.78 is 0. The summed E-state index contributed by atoms with van der Waals surface area (Å²) in [6.45, 7) is 44.5. The lowest BCUT2D eigenvalue weighted by Gasteiger charge is -2.48. The fraction of sp³-hybridized carbons (Fsp3) is 0.463. The van der Waals surface area contributed by atoms with Crippen molar-refractivity contribution >= 4 is 57.2 Å². The Labute approximate surface area is 422 Å². The predicted octanol–water partition coefficient (Wildman–Crippen LogP) is 16.3. The third-order valence-corrected chi connectivity index (χ3v) is 19.6. The fourth-order valence-corrected chi connectivity index (χ4v) is 15.3. The van der Waals surface area contributed by atoms with Gasteiger partial charge in [0, 0.05) is 39.5 Å². The lowest BCUT2D eigenvalue weighted by atomic mass is 9.32. The van der Waals surface area contributed by atoms with Crippen molar-refractivity contribution in [2.24, 2.45) is 0 Å². The van der Waals surface area contributed by atoms with E-state index in [4.69, 9.17) is 0 Å². The summed E-state index contributed by atoms with van der Waals surface area (Å²) in [7, 11) is 0. The first-order valence-electron chi connectivity index (χ1n) is 27.0. The molecule has 0 radical (unpaired) electrons. The minimum absolute atomic E-state index is 0.0475. The minimum Gasteiger partial charge on any atom is -0.311 e. The normalized spacial score (nSPS) is 21.4. The standard InChI is InChI=1S/C67H79BN2/c1-39-29-46-49(63(9,10)27-25-61(46,5)6)35-54(39)70-56-37-51-48(65(13,14)38-66(51,15)16)34-53(56)68-52-33-47-50(64(11,12)28-26-62(47,7)8)36-55(52)69(57-30-40(60(2,3)4)31-58(70)59(57)68)41-23-24-45-43(32-41)42-21-19-20-22-44(42)67(45,17)18/h19-24,29-37H,25-28,38H2,1-18H3. The first-order chi connectivity index (χ1) is 32.4. The van der Waals surface area contributed by atoms with Gasteiger partial charge in [-0.1, -0.05) is 166 Å². The van der Waals surface area contributed by atoms with Gasteiger partial charge in [0.2, 0.25) is 0 Å². The highest BCUT2D eigenvalue weighted by atomic mass is 15.2.